The molecule has 3 rings (SSSR count). The molecule has 2 aromatic rings. The summed E-state index contributed by atoms with van der Waals surface area (Å²) in [4.78, 5) is 26.3. The maximum Gasteiger partial charge on any atom is 0.227 e. The van der Waals surface area contributed by atoms with Crippen molar-refractivity contribution in [1.29, 1.82) is 0 Å². The van der Waals surface area contributed by atoms with Crippen LogP contribution in [0, 0.1) is 5.92 Å². The molecule has 1 atom stereocenters. The van der Waals surface area contributed by atoms with E-state index in [1.807, 2.05) is 54.6 Å². The summed E-state index contributed by atoms with van der Waals surface area (Å²) in [6, 6.07) is 17.4. The second-order valence-electron chi connectivity index (χ2n) is 6.38. The summed E-state index contributed by atoms with van der Waals surface area (Å²) in [7, 11) is 0. The Bertz CT molecular complexity index is 744. The third-order valence-electron chi connectivity index (χ3n) is 4.57. The van der Waals surface area contributed by atoms with Crippen molar-refractivity contribution in [1.82, 2.24) is 5.32 Å². The summed E-state index contributed by atoms with van der Waals surface area (Å²) >= 11 is 0. The van der Waals surface area contributed by atoms with Crippen LogP contribution in [-0.2, 0) is 16.0 Å². The summed E-state index contributed by atoms with van der Waals surface area (Å²) in [6.45, 7) is 3.34. The molecular weight excluding hydrogens is 328 g/mol. The molecule has 1 aliphatic heterocycles. The quantitative estimate of drug-likeness (QED) is 0.780. The number of anilines is 1. The number of benzene rings is 2. The van der Waals surface area contributed by atoms with E-state index in [1.165, 1.54) is 5.56 Å². The monoisotopic (exact) mass is 352 g/mol. The van der Waals surface area contributed by atoms with Gasteiger partial charge < -0.3 is 15.0 Å². The lowest BCUT2D eigenvalue weighted by Crippen LogP contribution is -2.35. The van der Waals surface area contributed by atoms with E-state index in [0.29, 0.717) is 19.7 Å². The van der Waals surface area contributed by atoms with Gasteiger partial charge in [0.25, 0.3) is 0 Å². The molecule has 0 aliphatic carbocycles. The molecule has 1 N–H and O–H groups in total. The molecule has 0 unspecified atom stereocenters. The number of rotatable bonds is 7. The fourth-order valence-corrected chi connectivity index (χ4v) is 3.05. The van der Waals surface area contributed by atoms with Crippen molar-refractivity contribution >= 4 is 17.5 Å². The average molecular weight is 352 g/mol. The van der Waals surface area contributed by atoms with Gasteiger partial charge in [0, 0.05) is 18.7 Å². The van der Waals surface area contributed by atoms with Gasteiger partial charge in [0.1, 0.15) is 12.4 Å². The van der Waals surface area contributed by atoms with E-state index in [2.05, 4.69) is 12.2 Å². The van der Waals surface area contributed by atoms with Crippen LogP contribution in [-0.4, -0.2) is 31.5 Å². The summed E-state index contributed by atoms with van der Waals surface area (Å²) in [5, 5.41) is 2.86. The highest BCUT2D eigenvalue weighted by molar-refractivity contribution is 6.00. The number of nitrogens with one attached hydrogen (secondary N) is 1. The van der Waals surface area contributed by atoms with Crippen LogP contribution < -0.4 is 15.0 Å². The predicted octanol–water partition coefficient (Wildman–Crippen LogP) is 2.80. The van der Waals surface area contributed by atoms with Crippen LogP contribution in [0.4, 0.5) is 5.69 Å². The molecule has 0 spiro atoms. The third-order valence-corrected chi connectivity index (χ3v) is 4.57. The van der Waals surface area contributed by atoms with Crippen LogP contribution in [0.2, 0.25) is 0 Å². The fourth-order valence-electron chi connectivity index (χ4n) is 3.05. The van der Waals surface area contributed by atoms with Crippen LogP contribution in [0.1, 0.15) is 18.9 Å². The van der Waals surface area contributed by atoms with Gasteiger partial charge in [-0.05, 0) is 36.2 Å². The Balaban J connectivity index is 1.47. The highest BCUT2D eigenvalue weighted by Gasteiger charge is 2.34. The van der Waals surface area contributed by atoms with Crippen molar-refractivity contribution in [2.45, 2.75) is 19.8 Å². The van der Waals surface area contributed by atoms with E-state index in [9.17, 15) is 9.59 Å². The first-order valence-corrected chi connectivity index (χ1v) is 9.02. The van der Waals surface area contributed by atoms with Crippen LogP contribution in [0.15, 0.2) is 54.6 Å². The van der Waals surface area contributed by atoms with Crippen LogP contribution >= 0.6 is 0 Å². The van der Waals surface area contributed by atoms with E-state index < -0.39 is 0 Å². The average Bonchev–Trinajstić information content (AvgIpc) is 3.08. The van der Waals surface area contributed by atoms with E-state index in [0.717, 1.165) is 17.9 Å². The maximum absolute atomic E-state index is 12.3. The minimum atomic E-state index is -0.315. The molecule has 2 amide bonds. The van der Waals surface area contributed by atoms with Crippen molar-refractivity contribution in [3.05, 3.63) is 60.2 Å². The smallest absolute Gasteiger partial charge is 0.227 e. The molecule has 5 nitrogen and oxygen atoms in total. The largest absolute Gasteiger partial charge is 0.492 e. The van der Waals surface area contributed by atoms with E-state index in [4.69, 9.17) is 4.74 Å². The van der Waals surface area contributed by atoms with Crippen LogP contribution in [0.25, 0.3) is 0 Å². The van der Waals surface area contributed by atoms with Gasteiger partial charge >= 0.3 is 0 Å². The van der Waals surface area contributed by atoms with Gasteiger partial charge in [-0.3, -0.25) is 9.59 Å². The zero-order valence-electron chi connectivity index (χ0n) is 15.0. The number of ether oxygens (including phenoxy) is 1. The van der Waals surface area contributed by atoms with Crippen LogP contribution in [0.3, 0.4) is 0 Å². The molecule has 1 aliphatic rings. The number of hydrogen-bond donors (Lipinski definition) is 1. The fraction of sp³-hybridized carbons (Fsp3) is 0.333. The van der Waals surface area contributed by atoms with Crippen molar-refractivity contribution < 1.29 is 14.3 Å². The number of carbonyl (C=O) groups is 2. The van der Waals surface area contributed by atoms with Gasteiger partial charge in [0.05, 0.1) is 12.5 Å². The molecule has 5 heteroatoms. The molecule has 136 valence electrons. The first-order valence-electron chi connectivity index (χ1n) is 9.02. The summed E-state index contributed by atoms with van der Waals surface area (Å²) in [5.41, 5.74) is 2.09. The number of para-hydroxylation sites is 1. The Hall–Kier alpha value is -2.82. The van der Waals surface area contributed by atoms with Gasteiger partial charge in [-0.15, -0.1) is 0 Å². The van der Waals surface area contributed by atoms with Crippen molar-refractivity contribution in [2.24, 2.45) is 5.92 Å². The van der Waals surface area contributed by atoms with Crippen molar-refractivity contribution in [3.8, 4) is 5.75 Å². The number of hydrogen-bond acceptors (Lipinski definition) is 3. The van der Waals surface area contributed by atoms with E-state index in [-0.39, 0.29) is 24.2 Å². The van der Waals surface area contributed by atoms with Gasteiger partial charge in [-0.2, -0.15) is 0 Å². The maximum atomic E-state index is 12.3. The Morgan fingerprint density at radius 2 is 1.88 bits per heavy atom. The topological polar surface area (TPSA) is 58.6 Å². The second-order valence-corrected chi connectivity index (χ2v) is 6.38. The van der Waals surface area contributed by atoms with Crippen LogP contribution in [0.5, 0.6) is 5.75 Å². The molecule has 0 aromatic heterocycles. The molecule has 0 radical (unpaired) electrons. The minimum absolute atomic E-state index is 0.00469. The normalized spacial score (nSPS) is 16.6. The second kappa shape index (κ2) is 8.52. The Morgan fingerprint density at radius 1 is 1.15 bits per heavy atom. The van der Waals surface area contributed by atoms with E-state index in [1.54, 1.807) is 4.90 Å². The van der Waals surface area contributed by atoms with Gasteiger partial charge in [-0.1, -0.05) is 37.3 Å². The Kier molecular flexibility index (Phi) is 5.89. The summed E-state index contributed by atoms with van der Waals surface area (Å²) < 4.78 is 5.56. The van der Waals surface area contributed by atoms with Gasteiger partial charge in [0.2, 0.25) is 11.8 Å². The lowest BCUT2D eigenvalue weighted by Gasteiger charge is -2.17. The molecule has 0 saturated carbocycles. The first-order chi connectivity index (χ1) is 12.7. The molecule has 1 fully saturated rings. The first kappa shape index (κ1) is 18.0. The molecule has 2 aromatic carbocycles. The summed E-state index contributed by atoms with van der Waals surface area (Å²) in [6.07, 6.45) is 1.21. The Labute approximate surface area is 154 Å². The van der Waals surface area contributed by atoms with Crippen molar-refractivity contribution in [3.63, 3.8) is 0 Å². The number of carbonyl (C=O) groups excluding carboxylic acids is 2. The third kappa shape index (κ3) is 4.42. The lowest BCUT2D eigenvalue weighted by atomic mass is 10.1. The molecule has 0 bridgehead atoms. The van der Waals surface area contributed by atoms with Crippen molar-refractivity contribution in [2.75, 3.05) is 24.6 Å². The standard InChI is InChI=1S/C21H24N2O3/c1-2-16-8-10-18(11-9-16)23-15-17(14-20(23)24)21(25)22-12-13-26-19-6-4-3-5-7-19/h3-11,17H,2,12-15H2,1H3,(H,22,25)/t17-/m1/s1. The van der Waals surface area contributed by atoms with E-state index >= 15 is 0 Å². The molecule has 1 saturated heterocycles. The highest BCUT2D eigenvalue weighted by Crippen LogP contribution is 2.25. The lowest BCUT2D eigenvalue weighted by molar-refractivity contribution is -0.126. The number of amides is 2. The molecule has 1 heterocycles. The number of nitrogens with zero attached hydrogens (tertiary/aromatic N) is 1. The zero-order chi connectivity index (χ0) is 18.4. The highest BCUT2D eigenvalue weighted by atomic mass is 16.5. The molecule has 26 heavy (non-hydrogen) atoms. The van der Waals surface area contributed by atoms with Gasteiger partial charge in [0.15, 0.2) is 0 Å². The minimum Gasteiger partial charge on any atom is -0.492 e. The predicted molar refractivity (Wildman–Crippen MR) is 101 cm³/mol. The number of aryl methyl sites for hydroxylation is 1. The summed E-state index contributed by atoms with van der Waals surface area (Å²) in [5.74, 6) is 0.363. The molecular formula is C21H24N2O3. The van der Waals surface area contributed by atoms with Gasteiger partial charge in [-0.25, -0.2) is 0 Å². The Morgan fingerprint density at radius 3 is 2.58 bits per heavy atom. The SMILES string of the molecule is CCc1ccc(N2C[C@H](C(=O)NCCOc3ccccc3)CC2=O)cc1. The zero-order valence-corrected chi connectivity index (χ0v) is 15.0.